The second-order valence-electron chi connectivity index (χ2n) is 14.3. The van der Waals surface area contributed by atoms with Gasteiger partial charge in [0, 0.05) is 27.8 Å². The summed E-state index contributed by atoms with van der Waals surface area (Å²) in [4.78, 5) is 15.2. The number of nitrogens with zero attached hydrogens (tertiary/aromatic N) is 3. The first-order valence-corrected chi connectivity index (χ1v) is 18.9. The summed E-state index contributed by atoms with van der Waals surface area (Å²) in [7, 11) is 0. The first-order chi connectivity index (χ1) is 27.8. The highest BCUT2D eigenvalue weighted by Crippen LogP contribution is 2.64. The van der Waals surface area contributed by atoms with Gasteiger partial charge in [0.2, 0.25) is 0 Å². The zero-order valence-electron chi connectivity index (χ0n) is 30.3. The molecule has 4 heteroatoms. The van der Waals surface area contributed by atoms with Gasteiger partial charge in [-0.05, 0) is 62.7 Å². The van der Waals surface area contributed by atoms with Gasteiger partial charge in [-0.2, -0.15) is 0 Å². The molecule has 0 unspecified atom stereocenters. The van der Waals surface area contributed by atoms with Crippen LogP contribution in [0.2, 0.25) is 0 Å². The molecule has 0 radical (unpaired) electrons. The van der Waals surface area contributed by atoms with Crippen LogP contribution in [0.4, 0.5) is 0 Å². The standard InChI is InChI=1S/C52H33N3O/c1-4-15-34(16-5-1)35-27-29-36(30-28-35)40-21-14-22-41-42-33-39(51-54-49(37-17-6-2-7-18-37)53-50(55-51)38-19-8-3-9-20-38)31-32-43(42)52(48(40)41)44-23-10-12-25-46(44)56-47-26-13-11-24-45(47)52/h1-33H. The Kier molecular flexibility index (Phi) is 7.36. The van der Waals surface area contributed by atoms with Gasteiger partial charge in [-0.25, -0.2) is 15.0 Å². The van der Waals surface area contributed by atoms with Crippen molar-refractivity contribution in [3.05, 3.63) is 222 Å². The molecule has 1 aliphatic carbocycles. The third-order valence-corrected chi connectivity index (χ3v) is 11.2. The largest absolute Gasteiger partial charge is 0.457 e. The molecule has 0 bridgehead atoms. The SMILES string of the molecule is c1ccc(-c2ccc(-c3cccc4c3C3(c5ccccc5Oc5ccccc53)c3ccc(-c5nc(-c6ccccc6)nc(-c6ccccc6)n5)cc3-4)cc2)cc1. The van der Waals surface area contributed by atoms with E-state index in [0.29, 0.717) is 17.5 Å². The van der Waals surface area contributed by atoms with Gasteiger partial charge >= 0.3 is 0 Å². The van der Waals surface area contributed by atoms with E-state index < -0.39 is 5.41 Å². The van der Waals surface area contributed by atoms with Crippen molar-refractivity contribution in [2.45, 2.75) is 5.41 Å². The lowest BCUT2D eigenvalue weighted by Crippen LogP contribution is -2.32. The predicted octanol–water partition coefficient (Wildman–Crippen LogP) is 12.7. The Labute approximate surface area is 325 Å². The van der Waals surface area contributed by atoms with Gasteiger partial charge in [-0.1, -0.05) is 182 Å². The highest BCUT2D eigenvalue weighted by Gasteiger charge is 2.52. The summed E-state index contributed by atoms with van der Waals surface area (Å²) >= 11 is 0. The fourth-order valence-electron chi connectivity index (χ4n) is 8.75. The number of para-hydroxylation sites is 2. The van der Waals surface area contributed by atoms with Crippen LogP contribution >= 0.6 is 0 Å². The summed E-state index contributed by atoms with van der Waals surface area (Å²) in [5.74, 6) is 3.63. The van der Waals surface area contributed by atoms with Gasteiger partial charge < -0.3 is 4.74 Å². The minimum absolute atomic E-state index is 0.628. The van der Waals surface area contributed by atoms with Crippen LogP contribution < -0.4 is 4.74 Å². The minimum atomic E-state index is -0.646. The maximum absolute atomic E-state index is 6.68. The highest BCUT2D eigenvalue weighted by molar-refractivity contribution is 5.95. The van der Waals surface area contributed by atoms with Crippen LogP contribution in [0.5, 0.6) is 11.5 Å². The van der Waals surface area contributed by atoms with E-state index >= 15 is 0 Å². The van der Waals surface area contributed by atoms with Crippen LogP contribution in [-0.4, -0.2) is 15.0 Å². The van der Waals surface area contributed by atoms with E-state index in [2.05, 4.69) is 140 Å². The zero-order valence-corrected chi connectivity index (χ0v) is 30.3. The first kappa shape index (κ1) is 32.0. The van der Waals surface area contributed by atoms with Crippen LogP contribution in [0.1, 0.15) is 22.3 Å². The van der Waals surface area contributed by atoms with E-state index in [1.165, 1.54) is 33.4 Å². The minimum Gasteiger partial charge on any atom is -0.457 e. The van der Waals surface area contributed by atoms with Gasteiger partial charge in [0.15, 0.2) is 17.5 Å². The number of rotatable bonds is 5. The van der Waals surface area contributed by atoms with Crippen LogP contribution in [0.3, 0.4) is 0 Å². The molecule has 11 rings (SSSR count). The lowest BCUT2D eigenvalue weighted by atomic mass is 9.64. The Bertz CT molecular complexity index is 2820. The van der Waals surface area contributed by atoms with Crippen molar-refractivity contribution in [3.63, 3.8) is 0 Å². The highest BCUT2D eigenvalue weighted by atomic mass is 16.5. The van der Waals surface area contributed by atoms with Crippen LogP contribution in [0.15, 0.2) is 200 Å². The van der Waals surface area contributed by atoms with Crippen molar-refractivity contribution in [3.8, 4) is 79.0 Å². The molecule has 4 nitrogen and oxygen atoms in total. The number of ether oxygens (including phenoxy) is 1. The molecule has 8 aromatic carbocycles. The van der Waals surface area contributed by atoms with Gasteiger partial charge in [0.25, 0.3) is 0 Å². The molecule has 2 aliphatic rings. The van der Waals surface area contributed by atoms with E-state index in [1.807, 2.05) is 60.7 Å². The summed E-state index contributed by atoms with van der Waals surface area (Å²) in [5, 5.41) is 0. The van der Waals surface area contributed by atoms with Crippen molar-refractivity contribution in [2.24, 2.45) is 0 Å². The summed E-state index contributed by atoms with van der Waals surface area (Å²) in [6, 6.07) is 70.3. The zero-order chi connectivity index (χ0) is 37.1. The Morgan fingerprint density at radius 1 is 0.304 bits per heavy atom. The molecule has 0 fully saturated rings. The summed E-state index contributed by atoms with van der Waals surface area (Å²) in [5.41, 5.74) is 13.9. The van der Waals surface area contributed by atoms with Crippen LogP contribution in [0.25, 0.3) is 67.5 Å². The Morgan fingerprint density at radius 3 is 1.34 bits per heavy atom. The quantitative estimate of drug-likeness (QED) is 0.178. The van der Waals surface area contributed by atoms with E-state index in [0.717, 1.165) is 50.4 Å². The molecule has 56 heavy (non-hydrogen) atoms. The third-order valence-electron chi connectivity index (χ3n) is 11.2. The van der Waals surface area contributed by atoms with Gasteiger partial charge in [-0.15, -0.1) is 0 Å². The Balaban J connectivity index is 1.17. The normalized spacial score (nSPS) is 12.9. The monoisotopic (exact) mass is 715 g/mol. The fourth-order valence-corrected chi connectivity index (χ4v) is 8.75. The molecule has 0 saturated heterocycles. The number of benzene rings is 8. The lowest BCUT2D eigenvalue weighted by molar-refractivity contribution is 0.436. The average Bonchev–Trinajstić information content (AvgIpc) is 3.57. The molecule has 0 saturated carbocycles. The fraction of sp³-hybridized carbons (Fsp3) is 0.0192. The molecule has 262 valence electrons. The van der Waals surface area contributed by atoms with Crippen molar-refractivity contribution >= 4 is 0 Å². The number of fused-ring (bicyclic) bond motifs is 9. The van der Waals surface area contributed by atoms with Gasteiger partial charge in [0.1, 0.15) is 11.5 Å². The maximum atomic E-state index is 6.68. The van der Waals surface area contributed by atoms with Gasteiger partial charge in [0.05, 0.1) is 5.41 Å². The van der Waals surface area contributed by atoms with E-state index in [1.54, 1.807) is 0 Å². The average molecular weight is 716 g/mol. The van der Waals surface area contributed by atoms with Crippen LogP contribution in [0, 0.1) is 0 Å². The van der Waals surface area contributed by atoms with Crippen molar-refractivity contribution in [2.75, 3.05) is 0 Å². The molecule has 1 spiro atoms. The number of hydrogen-bond donors (Lipinski definition) is 0. The summed E-state index contributed by atoms with van der Waals surface area (Å²) < 4.78 is 6.68. The summed E-state index contributed by atoms with van der Waals surface area (Å²) in [6.07, 6.45) is 0. The van der Waals surface area contributed by atoms with E-state index in [9.17, 15) is 0 Å². The van der Waals surface area contributed by atoms with Crippen molar-refractivity contribution < 1.29 is 4.74 Å². The second-order valence-corrected chi connectivity index (χ2v) is 14.3. The first-order valence-electron chi connectivity index (χ1n) is 18.9. The maximum Gasteiger partial charge on any atom is 0.164 e. The molecule has 9 aromatic rings. The predicted molar refractivity (Wildman–Crippen MR) is 224 cm³/mol. The second kappa shape index (κ2) is 12.9. The molecule has 0 atom stereocenters. The topological polar surface area (TPSA) is 47.9 Å². The molecule has 1 aromatic heterocycles. The molecular formula is C52H33N3O. The molecule has 0 amide bonds. The van der Waals surface area contributed by atoms with Crippen molar-refractivity contribution in [1.82, 2.24) is 15.0 Å². The van der Waals surface area contributed by atoms with E-state index in [4.69, 9.17) is 19.7 Å². The smallest absolute Gasteiger partial charge is 0.164 e. The third kappa shape index (κ3) is 4.96. The Morgan fingerprint density at radius 2 is 0.750 bits per heavy atom. The lowest BCUT2D eigenvalue weighted by Gasteiger charge is -2.40. The summed E-state index contributed by atoms with van der Waals surface area (Å²) in [6.45, 7) is 0. The van der Waals surface area contributed by atoms with E-state index in [-0.39, 0.29) is 0 Å². The van der Waals surface area contributed by atoms with Crippen LogP contribution in [-0.2, 0) is 5.41 Å². The number of aromatic nitrogens is 3. The molecular weight excluding hydrogens is 683 g/mol. The number of hydrogen-bond acceptors (Lipinski definition) is 4. The molecule has 2 heterocycles. The van der Waals surface area contributed by atoms with Crippen molar-refractivity contribution in [1.29, 1.82) is 0 Å². The molecule has 0 N–H and O–H groups in total. The van der Waals surface area contributed by atoms with Gasteiger partial charge in [-0.3, -0.25) is 0 Å². The Hall–Kier alpha value is -7.43. The molecule has 1 aliphatic heterocycles.